The summed E-state index contributed by atoms with van der Waals surface area (Å²) in [6.45, 7) is 9.35. The quantitative estimate of drug-likeness (QED) is 0.867. The number of aliphatic hydroxyl groups is 1. The van der Waals surface area contributed by atoms with Gasteiger partial charge in [0.15, 0.2) is 0 Å². The van der Waals surface area contributed by atoms with Gasteiger partial charge in [-0.25, -0.2) is 0 Å². The second kappa shape index (κ2) is 7.09. The van der Waals surface area contributed by atoms with E-state index in [2.05, 4.69) is 35.8 Å². The number of hydrogen-bond donors (Lipinski definition) is 1. The van der Waals surface area contributed by atoms with Gasteiger partial charge in [-0.3, -0.25) is 4.90 Å². The maximum atomic E-state index is 9.61. The summed E-state index contributed by atoms with van der Waals surface area (Å²) in [5, 5.41) is 9.61. The molecule has 1 aromatic rings. The maximum Gasteiger partial charge on any atom is 0.120 e. The van der Waals surface area contributed by atoms with Crippen LogP contribution in [-0.2, 0) is 11.3 Å². The number of nitrogens with zero attached hydrogens (tertiary/aromatic N) is 1. The van der Waals surface area contributed by atoms with Gasteiger partial charge in [-0.15, -0.1) is 0 Å². The zero-order chi connectivity index (χ0) is 15.3. The molecular formula is C18H25NO2. The molecule has 0 bridgehead atoms. The van der Waals surface area contributed by atoms with Crippen LogP contribution in [0.15, 0.2) is 24.3 Å². The van der Waals surface area contributed by atoms with Crippen molar-refractivity contribution in [2.45, 2.75) is 45.4 Å². The minimum Gasteiger partial charge on any atom is -0.378 e. The van der Waals surface area contributed by atoms with Crippen LogP contribution in [0.25, 0.3) is 0 Å². The maximum absolute atomic E-state index is 9.61. The van der Waals surface area contributed by atoms with Crippen LogP contribution in [0.1, 0.15) is 38.3 Å². The van der Waals surface area contributed by atoms with Crippen molar-refractivity contribution in [1.82, 2.24) is 4.90 Å². The first-order chi connectivity index (χ1) is 9.96. The summed E-state index contributed by atoms with van der Waals surface area (Å²) in [4.78, 5) is 2.44. The van der Waals surface area contributed by atoms with E-state index in [0.29, 0.717) is 6.10 Å². The van der Waals surface area contributed by atoms with E-state index in [1.165, 1.54) is 5.56 Å². The summed E-state index contributed by atoms with van der Waals surface area (Å²) in [5.41, 5.74) is 1.29. The first-order valence-corrected chi connectivity index (χ1v) is 7.65. The molecule has 1 fully saturated rings. The Morgan fingerprint density at radius 2 is 2.05 bits per heavy atom. The molecule has 3 heteroatoms. The van der Waals surface area contributed by atoms with Crippen LogP contribution in [0.2, 0.25) is 0 Å². The third kappa shape index (κ3) is 5.51. The van der Waals surface area contributed by atoms with E-state index in [-0.39, 0.29) is 0 Å². The summed E-state index contributed by atoms with van der Waals surface area (Å²) >= 11 is 0. The Labute approximate surface area is 127 Å². The predicted octanol–water partition coefficient (Wildman–Crippen LogP) is 2.42. The molecule has 0 unspecified atom stereocenters. The minimum absolute atomic E-state index is 0.371. The van der Waals surface area contributed by atoms with Crippen LogP contribution in [0.4, 0.5) is 0 Å². The van der Waals surface area contributed by atoms with Crippen LogP contribution < -0.4 is 0 Å². The fraction of sp³-hybridized carbons (Fsp3) is 0.556. The Balaban J connectivity index is 1.94. The Morgan fingerprint density at radius 1 is 1.33 bits per heavy atom. The Hall–Kier alpha value is -1.34. The minimum atomic E-state index is -0.943. The van der Waals surface area contributed by atoms with Crippen molar-refractivity contribution >= 4 is 0 Å². The molecule has 0 aromatic heterocycles. The third-order valence-electron chi connectivity index (χ3n) is 3.55. The molecule has 0 spiro atoms. The molecule has 0 radical (unpaired) electrons. The highest BCUT2D eigenvalue weighted by Crippen LogP contribution is 2.13. The zero-order valence-corrected chi connectivity index (χ0v) is 13.2. The van der Waals surface area contributed by atoms with Gasteiger partial charge in [0, 0.05) is 25.2 Å². The first-order valence-electron chi connectivity index (χ1n) is 7.65. The summed E-state index contributed by atoms with van der Waals surface area (Å²) in [5.74, 6) is 5.83. The molecule has 2 rings (SSSR count). The molecule has 1 aliphatic heterocycles. The lowest BCUT2D eigenvalue weighted by Crippen LogP contribution is -2.41. The highest BCUT2D eigenvalue weighted by molar-refractivity contribution is 5.37. The Bertz CT molecular complexity index is 505. The first kappa shape index (κ1) is 16.0. The lowest BCUT2D eigenvalue weighted by atomic mass is 10.1. The summed E-state index contributed by atoms with van der Waals surface area (Å²) in [6.07, 6.45) is 1.44. The van der Waals surface area contributed by atoms with E-state index in [1.54, 1.807) is 13.8 Å². The van der Waals surface area contributed by atoms with Crippen molar-refractivity contribution in [1.29, 1.82) is 0 Å². The van der Waals surface area contributed by atoms with E-state index in [9.17, 15) is 5.11 Å². The van der Waals surface area contributed by atoms with Gasteiger partial charge >= 0.3 is 0 Å². The summed E-state index contributed by atoms with van der Waals surface area (Å²) in [6, 6.07) is 8.27. The zero-order valence-electron chi connectivity index (χ0n) is 13.2. The van der Waals surface area contributed by atoms with Gasteiger partial charge in [-0.05, 0) is 38.0 Å². The van der Waals surface area contributed by atoms with Crippen molar-refractivity contribution in [3.05, 3.63) is 35.4 Å². The molecule has 0 saturated carbocycles. The molecule has 0 aliphatic carbocycles. The van der Waals surface area contributed by atoms with Gasteiger partial charge in [-0.2, -0.15) is 0 Å². The average Bonchev–Trinajstić information content (AvgIpc) is 2.46. The van der Waals surface area contributed by atoms with Gasteiger partial charge in [0.1, 0.15) is 5.60 Å². The van der Waals surface area contributed by atoms with Crippen molar-refractivity contribution in [2.24, 2.45) is 0 Å². The topological polar surface area (TPSA) is 32.7 Å². The second-order valence-corrected chi connectivity index (χ2v) is 6.14. The van der Waals surface area contributed by atoms with Crippen molar-refractivity contribution in [3.8, 4) is 11.8 Å². The van der Waals surface area contributed by atoms with Gasteiger partial charge in [-0.1, -0.05) is 30.9 Å². The molecular weight excluding hydrogens is 262 g/mol. The fourth-order valence-corrected chi connectivity index (χ4v) is 2.35. The van der Waals surface area contributed by atoms with E-state index >= 15 is 0 Å². The molecule has 1 aliphatic rings. The smallest absolute Gasteiger partial charge is 0.120 e. The van der Waals surface area contributed by atoms with Gasteiger partial charge in [0.05, 0.1) is 12.7 Å². The van der Waals surface area contributed by atoms with E-state index < -0.39 is 5.60 Å². The average molecular weight is 287 g/mol. The molecule has 1 aromatic carbocycles. The monoisotopic (exact) mass is 287 g/mol. The molecule has 1 saturated heterocycles. The Kier molecular flexibility index (Phi) is 5.41. The van der Waals surface area contributed by atoms with E-state index in [0.717, 1.165) is 38.2 Å². The molecule has 1 N–H and O–H groups in total. The van der Waals surface area contributed by atoms with E-state index in [1.807, 2.05) is 12.1 Å². The number of hydrogen-bond acceptors (Lipinski definition) is 3. The highest BCUT2D eigenvalue weighted by atomic mass is 16.5. The van der Waals surface area contributed by atoms with Crippen molar-refractivity contribution < 1.29 is 9.84 Å². The summed E-state index contributed by atoms with van der Waals surface area (Å²) in [7, 11) is 0. The van der Waals surface area contributed by atoms with Gasteiger partial charge < -0.3 is 9.84 Å². The third-order valence-corrected chi connectivity index (χ3v) is 3.55. The lowest BCUT2D eigenvalue weighted by Gasteiger charge is -2.32. The summed E-state index contributed by atoms with van der Waals surface area (Å²) < 4.78 is 5.69. The molecule has 1 atom stereocenters. The molecule has 21 heavy (non-hydrogen) atoms. The molecule has 3 nitrogen and oxygen atoms in total. The van der Waals surface area contributed by atoms with Gasteiger partial charge in [0.2, 0.25) is 0 Å². The Morgan fingerprint density at radius 3 is 2.67 bits per heavy atom. The molecule has 1 heterocycles. The van der Waals surface area contributed by atoms with Crippen LogP contribution in [0.3, 0.4) is 0 Å². The van der Waals surface area contributed by atoms with E-state index in [4.69, 9.17) is 4.74 Å². The van der Waals surface area contributed by atoms with Crippen molar-refractivity contribution in [2.75, 3.05) is 19.7 Å². The number of ether oxygens (including phenoxy) is 1. The van der Waals surface area contributed by atoms with Crippen LogP contribution in [-0.4, -0.2) is 41.4 Å². The number of rotatable bonds is 3. The highest BCUT2D eigenvalue weighted by Gasteiger charge is 2.18. The SMILES string of the molecule is CC[C@H]1CN(Cc2ccc(C#CC(C)(C)O)cc2)CCO1. The van der Waals surface area contributed by atoms with Crippen LogP contribution in [0, 0.1) is 11.8 Å². The predicted molar refractivity (Wildman–Crippen MR) is 84.9 cm³/mol. The van der Waals surface area contributed by atoms with Crippen LogP contribution in [0.5, 0.6) is 0 Å². The van der Waals surface area contributed by atoms with Gasteiger partial charge in [0.25, 0.3) is 0 Å². The standard InChI is InChI=1S/C18H25NO2/c1-4-17-14-19(11-12-21-17)13-16-7-5-15(6-8-16)9-10-18(2,3)20/h5-8,17,20H,4,11-14H2,1-3H3/t17-/m0/s1. The largest absolute Gasteiger partial charge is 0.378 e. The van der Waals surface area contributed by atoms with Crippen molar-refractivity contribution in [3.63, 3.8) is 0 Å². The van der Waals surface area contributed by atoms with Crippen LogP contribution >= 0.6 is 0 Å². The molecule has 114 valence electrons. The fourth-order valence-electron chi connectivity index (χ4n) is 2.35. The number of morpholine rings is 1. The normalized spacial score (nSPS) is 19.9. The second-order valence-electron chi connectivity index (χ2n) is 6.14. The lowest BCUT2D eigenvalue weighted by molar-refractivity contribution is -0.0324. The number of benzene rings is 1. The molecule has 0 amide bonds.